The van der Waals surface area contributed by atoms with E-state index in [0.29, 0.717) is 0 Å². The number of amides is 1. The molecule has 0 radical (unpaired) electrons. The molecule has 1 aromatic carbocycles. The third kappa shape index (κ3) is 3.05. The lowest BCUT2D eigenvalue weighted by atomic mass is 10.2. The lowest BCUT2D eigenvalue weighted by Gasteiger charge is -2.08. The van der Waals surface area contributed by atoms with Gasteiger partial charge in [-0.2, -0.15) is 0 Å². The van der Waals surface area contributed by atoms with Gasteiger partial charge < -0.3 is 10.5 Å². The van der Waals surface area contributed by atoms with Crippen molar-refractivity contribution < 1.29 is 18.7 Å². The molecule has 15 heavy (non-hydrogen) atoms. The molecule has 0 bridgehead atoms. The Balaban J connectivity index is 2.69. The van der Waals surface area contributed by atoms with E-state index in [0.717, 1.165) is 12.1 Å². The predicted octanol–water partition coefficient (Wildman–Crippen LogP) is 0.856. The summed E-state index contributed by atoms with van der Waals surface area (Å²) >= 11 is 0. The molecule has 2 N–H and O–H groups in total. The molecule has 0 fully saturated rings. The molecule has 0 saturated carbocycles. The van der Waals surface area contributed by atoms with Gasteiger partial charge in [0.2, 0.25) is 0 Å². The number of ether oxygens (including phenoxy) is 1. The number of primary amides is 1. The quantitative estimate of drug-likeness (QED) is 0.754. The summed E-state index contributed by atoms with van der Waals surface area (Å²) in [5, 5.41) is 0. The zero-order chi connectivity index (χ0) is 11.4. The van der Waals surface area contributed by atoms with E-state index in [4.69, 9.17) is 10.5 Å². The fourth-order valence-electron chi connectivity index (χ4n) is 0.873. The number of rotatable bonds is 3. The monoisotopic (exact) mass is 211 g/mol. The minimum Gasteiger partial charge on any atom is -0.449 e. The maximum absolute atomic E-state index is 12.5. The second-order valence-corrected chi connectivity index (χ2v) is 2.96. The summed E-state index contributed by atoms with van der Waals surface area (Å²) in [7, 11) is 0. The highest BCUT2D eigenvalue weighted by Gasteiger charge is 2.15. The van der Waals surface area contributed by atoms with Crippen LogP contribution in [0.3, 0.4) is 0 Å². The van der Waals surface area contributed by atoms with Crippen LogP contribution in [-0.2, 0) is 9.53 Å². The van der Waals surface area contributed by atoms with Crippen molar-refractivity contribution in [3.8, 4) is 0 Å². The van der Waals surface area contributed by atoms with E-state index < -0.39 is 23.8 Å². The Hall–Kier alpha value is -1.91. The summed E-state index contributed by atoms with van der Waals surface area (Å²) < 4.78 is 17.2. The van der Waals surface area contributed by atoms with Crippen LogP contribution in [-0.4, -0.2) is 18.0 Å². The third-order valence-electron chi connectivity index (χ3n) is 1.76. The molecule has 1 atom stereocenters. The minimum absolute atomic E-state index is 0.171. The molecule has 0 spiro atoms. The van der Waals surface area contributed by atoms with Gasteiger partial charge in [-0.3, -0.25) is 4.79 Å². The highest BCUT2D eigenvalue weighted by Crippen LogP contribution is 2.05. The van der Waals surface area contributed by atoms with E-state index >= 15 is 0 Å². The first-order chi connectivity index (χ1) is 7.00. The van der Waals surface area contributed by atoms with Crippen LogP contribution >= 0.6 is 0 Å². The highest BCUT2D eigenvalue weighted by atomic mass is 19.1. The van der Waals surface area contributed by atoms with Gasteiger partial charge in [-0.05, 0) is 31.2 Å². The summed E-state index contributed by atoms with van der Waals surface area (Å²) in [6, 6.07) is 4.80. The van der Waals surface area contributed by atoms with E-state index in [9.17, 15) is 14.0 Å². The van der Waals surface area contributed by atoms with Crippen molar-refractivity contribution in [3.63, 3.8) is 0 Å². The molecule has 1 amide bonds. The van der Waals surface area contributed by atoms with Crippen molar-refractivity contribution in [2.45, 2.75) is 13.0 Å². The van der Waals surface area contributed by atoms with Gasteiger partial charge >= 0.3 is 5.97 Å². The topological polar surface area (TPSA) is 69.4 Å². The smallest absolute Gasteiger partial charge is 0.338 e. The lowest BCUT2D eigenvalue weighted by molar-refractivity contribution is -0.125. The van der Waals surface area contributed by atoms with Crippen LogP contribution in [0.25, 0.3) is 0 Å². The Morgan fingerprint density at radius 3 is 2.33 bits per heavy atom. The molecule has 0 saturated heterocycles. The predicted molar refractivity (Wildman–Crippen MR) is 50.5 cm³/mol. The molecular weight excluding hydrogens is 201 g/mol. The Morgan fingerprint density at radius 1 is 1.33 bits per heavy atom. The summed E-state index contributed by atoms with van der Waals surface area (Å²) in [5.74, 6) is -1.89. The fourth-order valence-corrected chi connectivity index (χ4v) is 0.873. The average Bonchev–Trinajstić information content (AvgIpc) is 2.18. The summed E-state index contributed by atoms with van der Waals surface area (Å²) in [4.78, 5) is 21.9. The maximum atomic E-state index is 12.5. The number of nitrogens with two attached hydrogens (primary N) is 1. The number of esters is 1. The van der Waals surface area contributed by atoms with Crippen LogP contribution in [0.1, 0.15) is 17.3 Å². The summed E-state index contributed by atoms with van der Waals surface area (Å²) in [5.41, 5.74) is 5.08. The number of halogens is 1. The average molecular weight is 211 g/mol. The van der Waals surface area contributed by atoms with E-state index in [1.54, 1.807) is 0 Å². The Kier molecular flexibility index (Phi) is 3.38. The number of benzene rings is 1. The van der Waals surface area contributed by atoms with Crippen molar-refractivity contribution in [1.82, 2.24) is 0 Å². The molecule has 1 rings (SSSR count). The second kappa shape index (κ2) is 4.54. The van der Waals surface area contributed by atoms with Crippen LogP contribution in [0.2, 0.25) is 0 Å². The summed E-state index contributed by atoms with van der Waals surface area (Å²) in [6.45, 7) is 1.36. The van der Waals surface area contributed by atoms with Crippen molar-refractivity contribution in [2.75, 3.05) is 0 Å². The van der Waals surface area contributed by atoms with E-state index in [1.165, 1.54) is 19.1 Å². The van der Waals surface area contributed by atoms with Gasteiger partial charge in [0.1, 0.15) is 5.82 Å². The molecule has 80 valence electrons. The molecule has 0 unspecified atom stereocenters. The van der Waals surface area contributed by atoms with Crippen molar-refractivity contribution in [3.05, 3.63) is 35.6 Å². The van der Waals surface area contributed by atoms with Gasteiger partial charge in [0, 0.05) is 0 Å². The van der Waals surface area contributed by atoms with Gasteiger partial charge in [-0.1, -0.05) is 0 Å². The zero-order valence-corrected chi connectivity index (χ0v) is 8.07. The largest absolute Gasteiger partial charge is 0.449 e. The first-order valence-electron chi connectivity index (χ1n) is 4.26. The fraction of sp³-hybridized carbons (Fsp3) is 0.200. The Labute approximate surface area is 85.8 Å². The molecule has 4 nitrogen and oxygen atoms in total. The van der Waals surface area contributed by atoms with Gasteiger partial charge in [0.25, 0.3) is 5.91 Å². The number of carbonyl (C=O) groups excluding carboxylic acids is 2. The van der Waals surface area contributed by atoms with Crippen molar-refractivity contribution >= 4 is 11.9 Å². The normalized spacial score (nSPS) is 11.9. The van der Waals surface area contributed by atoms with E-state index in [1.807, 2.05) is 0 Å². The van der Waals surface area contributed by atoms with Crippen LogP contribution in [0.5, 0.6) is 0 Å². The van der Waals surface area contributed by atoms with Gasteiger partial charge in [-0.25, -0.2) is 9.18 Å². The second-order valence-electron chi connectivity index (χ2n) is 2.96. The van der Waals surface area contributed by atoms with E-state index in [2.05, 4.69) is 0 Å². The Morgan fingerprint density at radius 2 is 1.87 bits per heavy atom. The third-order valence-corrected chi connectivity index (χ3v) is 1.76. The first-order valence-corrected chi connectivity index (χ1v) is 4.26. The van der Waals surface area contributed by atoms with Crippen LogP contribution in [0.15, 0.2) is 24.3 Å². The van der Waals surface area contributed by atoms with Crippen molar-refractivity contribution in [1.29, 1.82) is 0 Å². The van der Waals surface area contributed by atoms with Crippen LogP contribution in [0.4, 0.5) is 4.39 Å². The number of hydrogen-bond acceptors (Lipinski definition) is 3. The van der Waals surface area contributed by atoms with Gasteiger partial charge in [0.05, 0.1) is 5.56 Å². The van der Waals surface area contributed by atoms with Gasteiger partial charge in [0.15, 0.2) is 6.10 Å². The molecule has 0 aliphatic rings. The van der Waals surface area contributed by atoms with Crippen molar-refractivity contribution in [2.24, 2.45) is 5.73 Å². The SMILES string of the molecule is C[C@@H](OC(=O)c1ccc(F)cc1)C(N)=O. The molecule has 0 aliphatic carbocycles. The molecule has 5 heteroatoms. The lowest BCUT2D eigenvalue weighted by Crippen LogP contribution is -2.30. The molecule has 0 aromatic heterocycles. The maximum Gasteiger partial charge on any atom is 0.338 e. The molecule has 0 heterocycles. The molecule has 0 aliphatic heterocycles. The standard InChI is InChI=1S/C10H10FNO3/c1-6(9(12)13)15-10(14)7-2-4-8(11)5-3-7/h2-6H,1H3,(H2,12,13)/t6-/m1/s1. The van der Waals surface area contributed by atoms with E-state index in [-0.39, 0.29) is 5.56 Å². The number of hydrogen-bond donors (Lipinski definition) is 1. The minimum atomic E-state index is -0.998. The first kappa shape index (κ1) is 11.2. The molecule has 1 aromatic rings. The van der Waals surface area contributed by atoms with Gasteiger partial charge in [-0.15, -0.1) is 0 Å². The van der Waals surface area contributed by atoms with Crippen LogP contribution in [0, 0.1) is 5.82 Å². The number of carbonyl (C=O) groups is 2. The Bertz CT molecular complexity index is 375. The molecular formula is C10H10FNO3. The zero-order valence-electron chi connectivity index (χ0n) is 8.07. The highest BCUT2D eigenvalue weighted by molar-refractivity contribution is 5.91. The summed E-state index contributed by atoms with van der Waals surface area (Å²) in [6.07, 6.45) is -0.998. The van der Waals surface area contributed by atoms with Crippen LogP contribution < -0.4 is 5.73 Å².